The molecule has 0 heterocycles. The Balaban J connectivity index is 0.000000336. The van der Waals surface area contributed by atoms with Crippen LogP contribution in [0, 0.1) is 5.41 Å². The number of carbonyl (C=O) groups is 1. The summed E-state index contributed by atoms with van der Waals surface area (Å²) in [5, 5.41) is 17.5. The predicted octanol–water partition coefficient (Wildman–Crippen LogP) is 2.59. The highest BCUT2D eigenvalue weighted by atomic mass is 16.4. The van der Waals surface area contributed by atoms with E-state index in [0.29, 0.717) is 0 Å². The minimum atomic E-state index is -0.981. The molecule has 1 fully saturated rings. The molecule has 15 heavy (non-hydrogen) atoms. The predicted molar refractivity (Wildman–Crippen MR) is 60.7 cm³/mol. The van der Waals surface area contributed by atoms with Crippen LogP contribution in [0.2, 0.25) is 0 Å². The average Bonchev–Trinajstić information content (AvgIpc) is 2.11. The van der Waals surface area contributed by atoms with Crippen LogP contribution in [0.5, 0.6) is 0 Å². The summed E-state index contributed by atoms with van der Waals surface area (Å²) >= 11 is 0. The van der Waals surface area contributed by atoms with Crippen molar-refractivity contribution in [3.8, 4) is 0 Å². The Labute approximate surface area is 91.8 Å². The van der Waals surface area contributed by atoms with Gasteiger partial charge in [-0.15, -0.1) is 0 Å². The monoisotopic (exact) mass is 214 g/mol. The molecule has 3 nitrogen and oxygen atoms in total. The molecule has 1 aliphatic carbocycles. The molecule has 1 aliphatic rings. The molecule has 1 saturated carbocycles. The maximum absolute atomic E-state index is 9.90. The number of carboxylic acids is 1. The second-order valence-corrected chi connectivity index (χ2v) is 4.91. The third kappa shape index (κ3) is 4.47. The molecule has 2 N–H and O–H groups in total. The fourth-order valence-corrected chi connectivity index (χ4v) is 1.64. The van der Waals surface area contributed by atoms with E-state index in [2.05, 4.69) is 20.4 Å². The van der Waals surface area contributed by atoms with Crippen LogP contribution in [0.15, 0.2) is 12.7 Å². The van der Waals surface area contributed by atoms with E-state index in [1.807, 2.05) is 6.92 Å². The van der Waals surface area contributed by atoms with Crippen molar-refractivity contribution in [2.75, 3.05) is 0 Å². The maximum atomic E-state index is 9.90. The molecule has 0 aromatic heterocycles. The van der Waals surface area contributed by atoms with Crippen molar-refractivity contribution >= 4 is 5.97 Å². The first kappa shape index (κ1) is 14.2. The van der Waals surface area contributed by atoms with Gasteiger partial charge in [0.15, 0.2) is 0 Å². The quantitative estimate of drug-likeness (QED) is 0.660. The van der Waals surface area contributed by atoms with Gasteiger partial charge in [0.25, 0.3) is 0 Å². The summed E-state index contributed by atoms with van der Waals surface area (Å²) < 4.78 is 0. The second-order valence-electron chi connectivity index (χ2n) is 4.91. The van der Waals surface area contributed by atoms with E-state index in [-0.39, 0.29) is 5.41 Å². The van der Waals surface area contributed by atoms with Crippen molar-refractivity contribution in [1.82, 2.24) is 0 Å². The van der Waals surface area contributed by atoms with Crippen LogP contribution in [0.3, 0.4) is 0 Å². The van der Waals surface area contributed by atoms with E-state index in [0.717, 1.165) is 12.5 Å². The van der Waals surface area contributed by atoms with Gasteiger partial charge < -0.3 is 10.2 Å². The number of hydrogen-bond donors (Lipinski definition) is 2. The van der Waals surface area contributed by atoms with Crippen molar-refractivity contribution < 1.29 is 15.0 Å². The zero-order valence-corrected chi connectivity index (χ0v) is 9.92. The number of carboxylic acid groups (broad SMARTS) is 1. The Hall–Kier alpha value is -0.830. The summed E-state index contributed by atoms with van der Waals surface area (Å²) in [7, 11) is 0. The van der Waals surface area contributed by atoms with Crippen LogP contribution >= 0.6 is 0 Å². The van der Waals surface area contributed by atoms with Crippen LogP contribution < -0.4 is 0 Å². The fourth-order valence-electron chi connectivity index (χ4n) is 1.64. The minimum Gasteiger partial charge on any atom is -0.478 e. The highest BCUT2D eigenvalue weighted by Crippen LogP contribution is 2.43. The summed E-state index contributed by atoms with van der Waals surface area (Å²) in [6.45, 7) is 9.24. The Morgan fingerprint density at radius 3 is 1.87 bits per heavy atom. The maximum Gasteiger partial charge on any atom is 0.327 e. The van der Waals surface area contributed by atoms with E-state index >= 15 is 0 Å². The molecule has 1 unspecified atom stereocenters. The van der Waals surface area contributed by atoms with Gasteiger partial charge in [0.05, 0.1) is 5.60 Å². The highest BCUT2D eigenvalue weighted by Gasteiger charge is 2.40. The Morgan fingerprint density at radius 2 is 1.67 bits per heavy atom. The van der Waals surface area contributed by atoms with E-state index in [4.69, 9.17) is 5.11 Å². The average molecular weight is 214 g/mol. The molecule has 88 valence electrons. The lowest BCUT2D eigenvalue weighted by Gasteiger charge is -2.44. The molecule has 0 aromatic rings. The zero-order valence-electron chi connectivity index (χ0n) is 9.92. The molecule has 3 heteroatoms. The second kappa shape index (κ2) is 5.31. The van der Waals surface area contributed by atoms with Gasteiger partial charge in [0, 0.05) is 6.08 Å². The third-order valence-corrected chi connectivity index (χ3v) is 3.35. The van der Waals surface area contributed by atoms with Gasteiger partial charge in [0.2, 0.25) is 0 Å². The first-order valence-electron chi connectivity index (χ1n) is 5.31. The molecule has 0 amide bonds. The minimum absolute atomic E-state index is 0.130. The summed E-state index contributed by atoms with van der Waals surface area (Å²) in [6, 6.07) is 0. The van der Waals surface area contributed by atoms with Crippen LogP contribution in [0.4, 0.5) is 0 Å². The molecule has 0 bridgehead atoms. The largest absolute Gasteiger partial charge is 0.478 e. The van der Waals surface area contributed by atoms with Crippen molar-refractivity contribution in [1.29, 1.82) is 0 Å². The van der Waals surface area contributed by atoms with Gasteiger partial charge in [-0.1, -0.05) is 33.3 Å². The number of hydrogen-bond acceptors (Lipinski definition) is 2. The van der Waals surface area contributed by atoms with Crippen LogP contribution in [0.1, 0.15) is 46.5 Å². The van der Waals surface area contributed by atoms with E-state index < -0.39 is 11.6 Å². The van der Waals surface area contributed by atoms with E-state index in [1.54, 1.807) is 0 Å². The molecule has 0 saturated heterocycles. The molecule has 1 rings (SSSR count). The molecule has 0 spiro atoms. The molecule has 0 aromatic carbocycles. The number of aliphatic carboxylic acids is 1. The molecule has 1 atom stereocenters. The van der Waals surface area contributed by atoms with E-state index in [9.17, 15) is 9.90 Å². The van der Waals surface area contributed by atoms with Crippen molar-refractivity contribution in [3.05, 3.63) is 12.7 Å². The van der Waals surface area contributed by atoms with Crippen LogP contribution in [0.25, 0.3) is 0 Å². The summed E-state index contributed by atoms with van der Waals surface area (Å²) in [4.78, 5) is 9.25. The van der Waals surface area contributed by atoms with Crippen LogP contribution in [-0.2, 0) is 4.79 Å². The first-order valence-corrected chi connectivity index (χ1v) is 5.31. The Kier molecular flexibility index (Phi) is 5.01. The summed E-state index contributed by atoms with van der Waals surface area (Å²) in [5.74, 6) is -0.981. The van der Waals surface area contributed by atoms with Gasteiger partial charge >= 0.3 is 5.97 Å². The van der Waals surface area contributed by atoms with Gasteiger partial charge in [0.1, 0.15) is 0 Å². The smallest absolute Gasteiger partial charge is 0.327 e. The fraction of sp³-hybridized carbons (Fsp3) is 0.750. The van der Waals surface area contributed by atoms with Crippen molar-refractivity contribution in [2.24, 2.45) is 5.41 Å². The standard InChI is InChI=1S/C9H18O.C3H4O2/c1-8(2)6-4-5-7-9(8,3)10;1-2-3(4)5/h10H,4-7H2,1-3H3;2H,1H2,(H,4,5). The van der Waals surface area contributed by atoms with Gasteiger partial charge in [-0.05, 0) is 25.2 Å². The van der Waals surface area contributed by atoms with E-state index in [1.165, 1.54) is 19.3 Å². The number of rotatable bonds is 1. The van der Waals surface area contributed by atoms with Crippen molar-refractivity contribution in [3.63, 3.8) is 0 Å². The summed E-state index contributed by atoms with van der Waals surface area (Å²) in [6.07, 6.45) is 5.44. The molecule has 0 radical (unpaired) electrons. The lowest BCUT2D eigenvalue weighted by atomic mass is 9.66. The van der Waals surface area contributed by atoms with Crippen LogP contribution in [-0.4, -0.2) is 21.8 Å². The lowest BCUT2D eigenvalue weighted by Crippen LogP contribution is -2.44. The third-order valence-electron chi connectivity index (χ3n) is 3.35. The van der Waals surface area contributed by atoms with Gasteiger partial charge in [-0.3, -0.25) is 0 Å². The van der Waals surface area contributed by atoms with Gasteiger partial charge in [-0.2, -0.15) is 0 Å². The zero-order chi connectivity index (χ0) is 12.1. The molecular formula is C12H22O3. The molecular weight excluding hydrogens is 192 g/mol. The highest BCUT2D eigenvalue weighted by molar-refractivity contribution is 5.78. The normalized spacial score (nSPS) is 28.5. The lowest BCUT2D eigenvalue weighted by molar-refractivity contribution is -0.131. The SMILES string of the molecule is C=CC(=O)O.CC1(C)CCCCC1(C)O. The number of aliphatic hydroxyl groups is 1. The van der Waals surface area contributed by atoms with Crippen molar-refractivity contribution in [2.45, 2.75) is 52.1 Å². The first-order chi connectivity index (χ1) is 6.73. The Bertz CT molecular complexity index is 213. The Morgan fingerprint density at radius 1 is 1.27 bits per heavy atom. The molecule has 0 aliphatic heterocycles. The van der Waals surface area contributed by atoms with Gasteiger partial charge in [-0.25, -0.2) is 4.79 Å². The summed E-state index contributed by atoms with van der Waals surface area (Å²) in [5.41, 5.74) is -0.295. The topological polar surface area (TPSA) is 57.5 Å².